The fourth-order valence-corrected chi connectivity index (χ4v) is 1.37. The van der Waals surface area contributed by atoms with Gasteiger partial charge < -0.3 is 0 Å². The Labute approximate surface area is 100 Å². The van der Waals surface area contributed by atoms with Crippen molar-refractivity contribution in [1.82, 2.24) is 0 Å². The smallest absolute Gasteiger partial charge is 0.268 e. The first-order valence-electron chi connectivity index (χ1n) is 4.91. The van der Waals surface area contributed by atoms with Crippen LogP contribution >= 0.6 is 0 Å². The van der Waals surface area contributed by atoms with Crippen molar-refractivity contribution in [3.05, 3.63) is 35.9 Å². The number of nitrogens with zero attached hydrogens (tertiary/aromatic N) is 2. The fraction of sp³-hybridized carbons (Fsp3) is 0.273. The van der Waals surface area contributed by atoms with Gasteiger partial charge in [-0.1, -0.05) is 35.5 Å². The van der Waals surface area contributed by atoms with E-state index < -0.39 is 10.1 Å². The number of oxime groups is 1. The number of nitriles is 1. The highest BCUT2D eigenvalue weighted by atomic mass is 32.2. The molecule has 0 N–H and O–H groups in total. The first kappa shape index (κ1) is 13.2. The summed E-state index contributed by atoms with van der Waals surface area (Å²) < 4.78 is 25.6. The molecule has 5 nitrogen and oxygen atoms in total. The van der Waals surface area contributed by atoms with Gasteiger partial charge in [0.1, 0.15) is 6.07 Å². The van der Waals surface area contributed by atoms with E-state index >= 15 is 0 Å². The molecule has 0 spiro atoms. The molecule has 0 fully saturated rings. The van der Waals surface area contributed by atoms with Gasteiger partial charge in [-0.05, 0) is 12.0 Å². The number of benzene rings is 1. The molecule has 0 atom stereocenters. The lowest BCUT2D eigenvalue weighted by atomic mass is 10.1. The van der Waals surface area contributed by atoms with E-state index in [1.54, 1.807) is 6.07 Å². The fourth-order valence-electron chi connectivity index (χ4n) is 1.14. The second kappa shape index (κ2) is 6.01. The van der Waals surface area contributed by atoms with E-state index in [2.05, 4.69) is 9.44 Å². The molecule has 0 bridgehead atoms. The molecule has 0 radical (unpaired) electrons. The Morgan fingerprint density at radius 2 is 2.06 bits per heavy atom. The van der Waals surface area contributed by atoms with Crippen LogP contribution in [0.15, 0.2) is 35.5 Å². The van der Waals surface area contributed by atoms with Gasteiger partial charge in [0.25, 0.3) is 0 Å². The van der Waals surface area contributed by atoms with Crippen molar-refractivity contribution < 1.29 is 12.7 Å². The summed E-state index contributed by atoms with van der Waals surface area (Å²) in [5.41, 5.74) is 1.11. The van der Waals surface area contributed by atoms with Gasteiger partial charge in [-0.25, -0.2) is 0 Å². The van der Waals surface area contributed by atoms with Crippen LogP contribution in [0.25, 0.3) is 0 Å². The lowest BCUT2D eigenvalue weighted by Gasteiger charge is -1.99. The first-order chi connectivity index (χ1) is 8.01. The van der Waals surface area contributed by atoms with Crippen molar-refractivity contribution in [1.29, 1.82) is 5.26 Å². The van der Waals surface area contributed by atoms with Crippen LogP contribution in [-0.4, -0.2) is 20.4 Å². The highest BCUT2D eigenvalue weighted by molar-refractivity contribution is 7.85. The van der Waals surface area contributed by atoms with Crippen LogP contribution in [0.2, 0.25) is 0 Å². The number of hydrogen-bond acceptors (Lipinski definition) is 5. The molecule has 0 saturated carbocycles. The Hall–Kier alpha value is -1.87. The van der Waals surface area contributed by atoms with Gasteiger partial charge in [0.2, 0.25) is 0 Å². The Morgan fingerprint density at radius 1 is 1.41 bits per heavy atom. The zero-order valence-corrected chi connectivity index (χ0v) is 10.1. The Bertz CT molecular complexity index is 530. The average molecular weight is 252 g/mol. The second-order valence-corrected chi connectivity index (χ2v) is 4.97. The van der Waals surface area contributed by atoms with Crippen LogP contribution in [-0.2, 0) is 20.8 Å². The third kappa shape index (κ3) is 5.68. The van der Waals surface area contributed by atoms with E-state index in [1.807, 2.05) is 30.3 Å². The minimum atomic E-state index is -3.65. The van der Waals surface area contributed by atoms with E-state index in [4.69, 9.17) is 5.26 Å². The molecule has 0 aromatic heterocycles. The van der Waals surface area contributed by atoms with Crippen molar-refractivity contribution in [2.45, 2.75) is 12.8 Å². The van der Waals surface area contributed by atoms with E-state index in [1.165, 1.54) is 0 Å². The van der Waals surface area contributed by atoms with Crippen molar-refractivity contribution >= 4 is 15.8 Å². The molecule has 1 aromatic rings. The first-order valence-corrected chi connectivity index (χ1v) is 6.72. The molecule has 17 heavy (non-hydrogen) atoms. The maximum atomic E-state index is 10.7. The van der Waals surface area contributed by atoms with Gasteiger partial charge in [-0.15, -0.1) is 0 Å². The molecular formula is C11H12N2O3S. The summed E-state index contributed by atoms with van der Waals surface area (Å²) in [5, 5.41) is 12.0. The highest BCUT2D eigenvalue weighted by Gasteiger charge is 2.04. The van der Waals surface area contributed by atoms with Crippen molar-refractivity contribution in [3.63, 3.8) is 0 Å². The number of aryl methyl sites for hydroxylation is 1. The summed E-state index contributed by atoms with van der Waals surface area (Å²) in [4.78, 5) is 0. The van der Waals surface area contributed by atoms with Crippen LogP contribution < -0.4 is 0 Å². The molecule has 6 heteroatoms. The van der Waals surface area contributed by atoms with Crippen molar-refractivity contribution in [2.75, 3.05) is 6.26 Å². The largest absolute Gasteiger partial charge is 0.325 e. The van der Waals surface area contributed by atoms with Crippen LogP contribution in [0.5, 0.6) is 0 Å². The molecule has 0 amide bonds. The summed E-state index contributed by atoms with van der Waals surface area (Å²) in [6.07, 6.45) is 1.83. The van der Waals surface area contributed by atoms with Crippen LogP contribution in [0.4, 0.5) is 0 Å². The van der Waals surface area contributed by atoms with Gasteiger partial charge in [0, 0.05) is 6.42 Å². The van der Waals surface area contributed by atoms with Gasteiger partial charge in [0.15, 0.2) is 5.71 Å². The van der Waals surface area contributed by atoms with Gasteiger partial charge in [-0.2, -0.15) is 13.7 Å². The van der Waals surface area contributed by atoms with E-state index in [9.17, 15) is 8.42 Å². The lowest BCUT2D eigenvalue weighted by molar-refractivity contribution is 0.342. The topological polar surface area (TPSA) is 79.5 Å². The Morgan fingerprint density at radius 3 is 2.59 bits per heavy atom. The summed E-state index contributed by atoms with van der Waals surface area (Å²) >= 11 is 0. The molecule has 1 rings (SSSR count). The third-order valence-electron chi connectivity index (χ3n) is 1.91. The zero-order chi connectivity index (χ0) is 12.7. The Kier molecular flexibility index (Phi) is 4.67. The molecule has 0 aliphatic heterocycles. The van der Waals surface area contributed by atoms with E-state index in [0.717, 1.165) is 11.8 Å². The van der Waals surface area contributed by atoms with Gasteiger partial charge in [-0.3, -0.25) is 4.28 Å². The predicted octanol–water partition coefficient (Wildman–Crippen LogP) is 1.47. The second-order valence-electron chi connectivity index (χ2n) is 3.41. The molecule has 0 unspecified atom stereocenters. The Balaban J connectivity index is 2.58. The van der Waals surface area contributed by atoms with Crippen molar-refractivity contribution in [2.24, 2.45) is 5.16 Å². The highest BCUT2D eigenvalue weighted by Crippen LogP contribution is 2.04. The molecule has 0 aliphatic carbocycles. The average Bonchev–Trinajstić information content (AvgIpc) is 2.29. The van der Waals surface area contributed by atoms with Gasteiger partial charge in [0.05, 0.1) is 6.26 Å². The zero-order valence-electron chi connectivity index (χ0n) is 9.33. The maximum absolute atomic E-state index is 10.7. The molecular weight excluding hydrogens is 240 g/mol. The predicted molar refractivity (Wildman–Crippen MR) is 63.7 cm³/mol. The monoisotopic (exact) mass is 252 g/mol. The molecule has 0 aliphatic rings. The van der Waals surface area contributed by atoms with Crippen LogP contribution in [0.1, 0.15) is 12.0 Å². The summed E-state index contributed by atoms with van der Waals surface area (Å²) in [5.74, 6) is 0. The van der Waals surface area contributed by atoms with E-state index in [0.29, 0.717) is 12.8 Å². The standard InChI is InChI=1S/C11H12N2O3S/c1-17(14,15)16-13-11(9-12)8-7-10-5-3-2-4-6-10/h2-6H,7-8H2,1H3. The summed E-state index contributed by atoms with van der Waals surface area (Å²) in [6.45, 7) is 0. The van der Waals surface area contributed by atoms with E-state index in [-0.39, 0.29) is 5.71 Å². The number of hydrogen-bond donors (Lipinski definition) is 0. The normalized spacial score (nSPS) is 11.9. The maximum Gasteiger partial charge on any atom is 0.325 e. The van der Waals surface area contributed by atoms with Crippen molar-refractivity contribution in [3.8, 4) is 6.07 Å². The third-order valence-corrected chi connectivity index (χ3v) is 2.25. The molecule has 90 valence electrons. The van der Waals surface area contributed by atoms with Crippen LogP contribution in [0.3, 0.4) is 0 Å². The summed E-state index contributed by atoms with van der Waals surface area (Å²) in [6, 6.07) is 11.3. The van der Waals surface area contributed by atoms with Gasteiger partial charge >= 0.3 is 10.1 Å². The lowest BCUT2D eigenvalue weighted by Crippen LogP contribution is -2.03. The molecule has 0 heterocycles. The summed E-state index contributed by atoms with van der Waals surface area (Å²) in [7, 11) is -3.65. The molecule has 0 saturated heterocycles. The quantitative estimate of drug-likeness (QED) is 0.587. The minimum absolute atomic E-state index is 0.0549. The number of rotatable bonds is 5. The molecule has 1 aromatic carbocycles. The SMILES string of the molecule is CS(=O)(=O)ON=C(C#N)CCc1ccccc1. The van der Waals surface area contributed by atoms with Crippen LogP contribution in [0, 0.1) is 11.3 Å². The minimum Gasteiger partial charge on any atom is -0.268 e.